The van der Waals surface area contributed by atoms with Gasteiger partial charge in [-0.1, -0.05) is 13.3 Å². The summed E-state index contributed by atoms with van der Waals surface area (Å²) in [6, 6.07) is 0. The van der Waals surface area contributed by atoms with Gasteiger partial charge in [-0.2, -0.15) is 0 Å². The molecule has 1 aliphatic rings. The lowest BCUT2D eigenvalue weighted by Crippen LogP contribution is -2.20. The lowest BCUT2D eigenvalue weighted by Gasteiger charge is -2.10. The van der Waals surface area contributed by atoms with Crippen LogP contribution in [0.25, 0.3) is 0 Å². The number of hydrogen-bond acceptors (Lipinski definition) is 1. The van der Waals surface area contributed by atoms with Crippen LogP contribution in [0.2, 0.25) is 0 Å². The maximum absolute atomic E-state index is 10.7. The Morgan fingerprint density at radius 3 is 2.18 bits per heavy atom. The van der Waals surface area contributed by atoms with E-state index >= 15 is 0 Å². The molecule has 0 heterocycles. The van der Waals surface area contributed by atoms with Crippen LogP contribution in [-0.4, -0.2) is 15.4 Å². The molecule has 0 aliphatic heterocycles. The Balaban J connectivity index is 2.71. The minimum atomic E-state index is -1.02. The highest BCUT2D eigenvalue weighted by atomic mass is 35.5. The van der Waals surface area contributed by atoms with Crippen LogP contribution in [0.1, 0.15) is 26.2 Å². The SMILES string of the molecule is CCC[C@@]1(C(=O)O)CC1(Cl)Cl. The predicted molar refractivity (Wildman–Crippen MR) is 44.0 cm³/mol. The van der Waals surface area contributed by atoms with Gasteiger partial charge in [0.1, 0.15) is 9.75 Å². The molecule has 0 aromatic rings. The van der Waals surface area contributed by atoms with Gasteiger partial charge >= 0.3 is 5.97 Å². The summed E-state index contributed by atoms with van der Waals surface area (Å²) in [6.07, 6.45) is 1.75. The van der Waals surface area contributed by atoms with Crippen LogP contribution in [-0.2, 0) is 4.79 Å². The summed E-state index contributed by atoms with van der Waals surface area (Å²) in [5.74, 6) is -0.871. The molecule has 0 amide bonds. The second-order valence-electron chi connectivity index (χ2n) is 3.02. The van der Waals surface area contributed by atoms with E-state index < -0.39 is 15.7 Å². The van der Waals surface area contributed by atoms with Crippen molar-refractivity contribution >= 4 is 29.2 Å². The number of carbonyl (C=O) groups is 1. The summed E-state index contributed by atoms with van der Waals surface area (Å²) in [5.41, 5.74) is -0.856. The molecule has 0 saturated heterocycles. The third kappa shape index (κ3) is 1.23. The average molecular weight is 197 g/mol. The van der Waals surface area contributed by atoms with E-state index in [-0.39, 0.29) is 0 Å². The van der Waals surface area contributed by atoms with Crippen molar-refractivity contribution in [2.45, 2.75) is 30.5 Å². The maximum atomic E-state index is 10.7. The molecule has 0 aromatic heterocycles. The third-order valence-electron chi connectivity index (χ3n) is 2.19. The van der Waals surface area contributed by atoms with Crippen molar-refractivity contribution < 1.29 is 9.90 Å². The molecule has 0 bridgehead atoms. The minimum Gasteiger partial charge on any atom is -0.481 e. The van der Waals surface area contributed by atoms with Crippen LogP contribution in [0.5, 0.6) is 0 Å². The van der Waals surface area contributed by atoms with Crippen molar-refractivity contribution in [2.75, 3.05) is 0 Å². The smallest absolute Gasteiger partial charge is 0.312 e. The fourth-order valence-electron chi connectivity index (χ4n) is 1.37. The van der Waals surface area contributed by atoms with Gasteiger partial charge in [0.05, 0.1) is 0 Å². The van der Waals surface area contributed by atoms with E-state index in [1.807, 2.05) is 6.92 Å². The van der Waals surface area contributed by atoms with E-state index in [4.69, 9.17) is 28.3 Å². The van der Waals surface area contributed by atoms with Crippen molar-refractivity contribution in [2.24, 2.45) is 5.41 Å². The summed E-state index contributed by atoms with van der Waals surface area (Å²) < 4.78 is -1.02. The molecule has 1 saturated carbocycles. The summed E-state index contributed by atoms with van der Waals surface area (Å²) in [6.45, 7) is 1.92. The molecule has 64 valence electrons. The summed E-state index contributed by atoms with van der Waals surface area (Å²) >= 11 is 11.4. The van der Waals surface area contributed by atoms with E-state index in [0.29, 0.717) is 12.8 Å². The number of halogens is 2. The average Bonchev–Trinajstić information content (AvgIpc) is 2.36. The highest BCUT2D eigenvalue weighted by Crippen LogP contribution is 2.66. The normalized spacial score (nSPS) is 33.4. The van der Waals surface area contributed by atoms with E-state index in [9.17, 15) is 4.79 Å². The van der Waals surface area contributed by atoms with Crippen LogP contribution in [0.4, 0.5) is 0 Å². The Labute approximate surface area is 75.5 Å². The first-order valence-electron chi connectivity index (χ1n) is 3.57. The van der Waals surface area contributed by atoms with Crippen molar-refractivity contribution in [3.05, 3.63) is 0 Å². The number of carboxylic acid groups (broad SMARTS) is 1. The molecule has 0 radical (unpaired) electrons. The quantitative estimate of drug-likeness (QED) is 0.705. The van der Waals surface area contributed by atoms with Crippen LogP contribution >= 0.6 is 23.2 Å². The topological polar surface area (TPSA) is 37.3 Å². The first-order chi connectivity index (χ1) is 4.96. The number of alkyl halides is 2. The monoisotopic (exact) mass is 196 g/mol. The van der Waals surface area contributed by atoms with Gasteiger partial charge in [0, 0.05) is 6.42 Å². The Kier molecular flexibility index (Phi) is 2.10. The molecule has 0 spiro atoms. The number of rotatable bonds is 3. The molecule has 1 rings (SSSR count). The third-order valence-corrected chi connectivity index (χ3v) is 3.18. The lowest BCUT2D eigenvalue weighted by atomic mass is 10.0. The molecule has 11 heavy (non-hydrogen) atoms. The van der Waals surface area contributed by atoms with Gasteiger partial charge in [-0.25, -0.2) is 0 Å². The highest BCUT2D eigenvalue weighted by Gasteiger charge is 2.70. The van der Waals surface area contributed by atoms with Gasteiger partial charge in [0.15, 0.2) is 0 Å². The molecule has 1 aliphatic carbocycles. The second-order valence-corrected chi connectivity index (χ2v) is 4.50. The number of carboxylic acids is 1. The zero-order valence-electron chi connectivity index (χ0n) is 6.23. The summed E-state index contributed by atoms with van der Waals surface area (Å²) in [7, 11) is 0. The molecular weight excluding hydrogens is 187 g/mol. The van der Waals surface area contributed by atoms with Crippen LogP contribution in [0, 0.1) is 5.41 Å². The molecule has 2 nitrogen and oxygen atoms in total. The molecule has 0 unspecified atom stereocenters. The van der Waals surface area contributed by atoms with E-state index in [1.165, 1.54) is 0 Å². The van der Waals surface area contributed by atoms with Crippen molar-refractivity contribution in [1.29, 1.82) is 0 Å². The molecule has 1 fully saturated rings. The molecular formula is C7H10Cl2O2. The minimum absolute atomic E-state index is 0.381. The Morgan fingerprint density at radius 1 is 1.64 bits per heavy atom. The van der Waals surface area contributed by atoms with E-state index in [2.05, 4.69) is 0 Å². The van der Waals surface area contributed by atoms with Crippen molar-refractivity contribution in [3.8, 4) is 0 Å². The summed E-state index contributed by atoms with van der Waals surface area (Å²) in [4.78, 5) is 10.7. The second kappa shape index (κ2) is 2.53. The zero-order chi connectivity index (χ0) is 8.70. The largest absolute Gasteiger partial charge is 0.481 e. The number of aliphatic carboxylic acids is 1. The van der Waals surface area contributed by atoms with Crippen LogP contribution in [0.15, 0.2) is 0 Å². The van der Waals surface area contributed by atoms with Crippen molar-refractivity contribution in [3.63, 3.8) is 0 Å². The van der Waals surface area contributed by atoms with Crippen LogP contribution in [0.3, 0.4) is 0 Å². The molecule has 1 N–H and O–H groups in total. The predicted octanol–water partition coefficient (Wildman–Crippen LogP) is 2.44. The van der Waals surface area contributed by atoms with Gasteiger partial charge in [-0.15, -0.1) is 23.2 Å². The van der Waals surface area contributed by atoms with E-state index in [0.717, 1.165) is 6.42 Å². The first kappa shape index (κ1) is 9.14. The zero-order valence-corrected chi connectivity index (χ0v) is 7.74. The molecule has 4 heteroatoms. The summed E-state index contributed by atoms with van der Waals surface area (Å²) in [5, 5.41) is 8.80. The van der Waals surface area contributed by atoms with Crippen molar-refractivity contribution in [1.82, 2.24) is 0 Å². The van der Waals surface area contributed by atoms with Gasteiger partial charge in [-0.05, 0) is 6.42 Å². The fraction of sp³-hybridized carbons (Fsp3) is 0.857. The Morgan fingerprint density at radius 2 is 2.09 bits per heavy atom. The number of hydrogen-bond donors (Lipinski definition) is 1. The van der Waals surface area contributed by atoms with Crippen LogP contribution < -0.4 is 0 Å². The molecule has 0 aromatic carbocycles. The maximum Gasteiger partial charge on any atom is 0.312 e. The van der Waals surface area contributed by atoms with Gasteiger partial charge in [-0.3, -0.25) is 4.79 Å². The Hall–Kier alpha value is 0.0500. The van der Waals surface area contributed by atoms with Gasteiger partial charge in [0.25, 0.3) is 0 Å². The molecule has 1 atom stereocenters. The highest BCUT2D eigenvalue weighted by molar-refractivity contribution is 6.53. The fourth-order valence-corrected chi connectivity index (χ4v) is 2.18. The van der Waals surface area contributed by atoms with E-state index in [1.54, 1.807) is 0 Å². The standard InChI is InChI=1S/C7H10Cl2O2/c1-2-3-6(5(10)11)4-7(6,8)9/h2-4H2,1H3,(H,10,11)/t6-/m0/s1. The van der Waals surface area contributed by atoms with Gasteiger partial charge in [0.2, 0.25) is 0 Å². The lowest BCUT2D eigenvalue weighted by molar-refractivity contribution is -0.143. The Bertz CT molecular complexity index is 191. The van der Waals surface area contributed by atoms with Gasteiger partial charge < -0.3 is 5.11 Å². The first-order valence-corrected chi connectivity index (χ1v) is 4.33.